The van der Waals surface area contributed by atoms with Crippen molar-refractivity contribution in [3.8, 4) is 11.5 Å². The molecule has 0 saturated heterocycles. The molecule has 11 heteroatoms. The van der Waals surface area contributed by atoms with E-state index in [0.717, 1.165) is 6.07 Å². The highest BCUT2D eigenvalue weighted by Gasteiger charge is 2.31. The van der Waals surface area contributed by atoms with Crippen LogP contribution in [0.1, 0.15) is 5.56 Å². The lowest BCUT2D eigenvalue weighted by Gasteiger charge is -2.22. The number of rotatable bonds is 6. The van der Waals surface area contributed by atoms with E-state index in [9.17, 15) is 22.1 Å². The zero-order valence-corrected chi connectivity index (χ0v) is 17.7. The summed E-state index contributed by atoms with van der Waals surface area (Å²) in [6, 6.07) is 7.03. The Morgan fingerprint density at radius 2 is 1.90 bits per heavy atom. The van der Waals surface area contributed by atoms with E-state index >= 15 is 0 Å². The van der Waals surface area contributed by atoms with E-state index in [0.29, 0.717) is 28.9 Å². The minimum Gasteiger partial charge on any atom is -0.495 e. The Balaban J connectivity index is 1.79. The number of hydrogen-bond acceptors (Lipinski definition) is 6. The number of hydrazone groups is 1. The normalized spacial score (nSPS) is 16.4. The van der Waals surface area contributed by atoms with Gasteiger partial charge in [0.15, 0.2) is 0 Å². The molecule has 2 aromatic carbocycles. The number of nitrogens with zero attached hydrogens (tertiary/aromatic N) is 1. The molecule has 0 amide bonds. The molecule has 0 aromatic heterocycles. The van der Waals surface area contributed by atoms with E-state index in [1.807, 2.05) is 0 Å². The quantitative estimate of drug-likeness (QED) is 0.497. The Morgan fingerprint density at radius 1 is 1.16 bits per heavy atom. The molecule has 0 bridgehead atoms. The van der Waals surface area contributed by atoms with Crippen LogP contribution in [0.4, 0.5) is 23.2 Å². The molecule has 3 rings (SSSR count). The van der Waals surface area contributed by atoms with E-state index in [-0.39, 0.29) is 11.5 Å². The van der Waals surface area contributed by atoms with Gasteiger partial charge >= 0.3 is 6.18 Å². The predicted molar refractivity (Wildman–Crippen MR) is 111 cm³/mol. The Labute approximate surface area is 176 Å². The summed E-state index contributed by atoms with van der Waals surface area (Å²) in [5.41, 5.74) is 2.17. The third kappa shape index (κ3) is 5.79. The van der Waals surface area contributed by atoms with Crippen molar-refractivity contribution in [1.29, 1.82) is 0 Å². The topological polar surface area (TPSA) is 72.0 Å². The number of allylic oxidation sites excluding steroid dienone is 1. The zero-order chi connectivity index (χ0) is 22.8. The molecule has 1 aliphatic heterocycles. The van der Waals surface area contributed by atoms with Crippen LogP contribution in [-0.2, 0) is 10.7 Å². The summed E-state index contributed by atoms with van der Waals surface area (Å²) in [5, 5.41) is 7.65. The average Bonchev–Trinajstić information content (AvgIpc) is 2.66. The molecule has 1 unspecified atom stereocenters. The van der Waals surface area contributed by atoms with Crippen molar-refractivity contribution in [2.45, 2.75) is 12.3 Å². The first-order chi connectivity index (χ1) is 14.5. The highest BCUT2D eigenvalue weighted by Crippen LogP contribution is 2.37. The van der Waals surface area contributed by atoms with Crippen molar-refractivity contribution in [1.82, 2.24) is 5.43 Å². The fourth-order valence-corrected chi connectivity index (χ4v) is 3.64. The second-order valence-corrected chi connectivity index (χ2v) is 10.3. The standard InChI is InChI=1S/C20H20F4N3O3P/c1-29-18-10-16(31(2,3)28)4-5-17(18)26-19-9-15(11-25-27-19)30-14-7-12(20(22,23)24)6-13(21)8-14/h4-11,19,26-27H,1-3H3. The van der Waals surface area contributed by atoms with Crippen LogP contribution in [0, 0.1) is 5.82 Å². The first-order valence-electron chi connectivity index (χ1n) is 9.02. The summed E-state index contributed by atoms with van der Waals surface area (Å²) < 4.78 is 75.3. The lowest BCUT2D eigenvalue weighted by Crippen LogP contribution is -2.34. The van der Waals surface area contributed by atoms with Crippen molar-refractivity contribution < 1.29 is 31.6 Å². The van der Waals surface area contributed by atoms with Crippen LogP contribution in [0.2, 0.25) is 0 Å². The van der Waals surface area contributed by atoms with Gasteiger partial charge < -0.3 is 19.4 Å². The first kappa shape index (κ1) is 22.7. The van der Waals surface area contributed by atoms with Crippen molar-refractivity contribution in [2.24, 2.45) is 5.10 Å². The van der Waals surface area contributed by atoms with Gasteiger partial charge in [-0.05, 0) is 43.7 Å². The minimum atomic E-state index is -4.70. The smallest absolute Gasteiger partial charge is 0.416 e. The number of methoxy groups -OCH3 is 1. The van der Waals surface area contributed by atoms with Crippen molar-refractivity contribution in [3.63, 3.8) is 0 Å². The minimum absolute atomic E-state index is 0.108. The van der Waals surface area contributed by atoms with Crippen molar-refractivity contribution in [2.75, 3.05) is 25.8 Å². The maximum absolute atomic E-state index is 13.6. The second-order valence-electron chi connectivity index (χ2n) is 7.09. The van der Waals surface area contributed by atoms with Crippen molar-refractivity contribution >= 4 is 24.3 Å². The molecule has 1 atom stereocenters. The van der Waals surface area contributed by atoms with Crippen molar-refractivity contribution in [3.05, 3.63) is 59.6 Å². The summed E-state index contributed by atoms with van der Waals surface area (Å²) in [7, 11) is -1.01. The molecular weight excluding hydrogens is 437 g/mol. The third-order valence-corrected chi connectivity index (χ3v) is 5.81. The van der Waals surface area contributed by atoms with E-state index in [2.05, 4.69) is 15.8 Å². The van der Waals surface area contributed by atoms with Crippen LogP contribution in [0.25, 0.3) is 0 Å². The molecule has 31 heavy (non-hydrogen) atoms. The van der Waals surface area contributed by atoms with Gasteiger partial charge in [0.2, 0.25) is 0 Å². The van der Waals surface area contributed by atoms with Gasteiger partial charge in [-0.1, -0.05) is 0 Å². The van der Waals surface area contributed by atoms with Gasteiger partial charge in [0.1, 0.15) is 36.4 Å². The zero-order valence-electron chi connectivity index (χ0n) is 16.8. The molecule has 1 aliphatic rings. The van der Waals surface area contributed by atoms with E-state index < -0.39 is 30.9 Å². The summed E-state index contributed by atoms with van der Waals surface area (Å²) in [5.74, 6) is -0.819. The molecule has 0 fully saturated rings. The molecule has 2 aromatic rings. The summed E-state index contributed by atoms with van der Waals surface area (Å²) in [6.07, 6.45) is -2.54. The van der Waals surface area contributed by atoms with Gasteiger partial charge in [-0.3, -0.25) is 5.43 Å². The Kier molecular flexibility index (Phi) is 6.31. The second kappa shape index (κ2) is 8.63. The number of alkyl halides is 3. The van der Waals surface area contributed by atoms with Gasteiger partial charge in [0, 0.05) is 17.4 Å². The van der Waals surface area contributed by atoms with E-state index in [1.54, 1.807) is 31.5 Å². The lowest BCUT2D eigenvalue weighted by atomic mass is 10.2. The van der Waals surface area contributed by atoms with Crippen LogP contribution < -0.4 is 25.5 Å². The summed E-state index contributed by atoms with van der Waals surface area (Å²) in [4.78, 5) is 0. The van der Waals surface area contributed by atoms with E-state index in [1.165, 1.54) is 19.4 Å². The lowest BCUT2D eigenvalue weighted by molar-refractivity contribution is -0.137. The maximum Gasteiger partial charge on any atom is 0.416 e. The molecule has 0 saturated carbocycles. The monoisotopic (exact) mass is 457 g/mol. The SMILES string of the molecule is COc1cc(P(C)(C)=O)ccc1NC1C=C(Oc2cc(F)cc(C(F)(F)F)c2)C=NN1. The first-order valence-corrected chi connectivity index (χ1v) is 11.6. The third-order valence-electron chi connectivity index (χ3n) is 4.29. The molecule has 6 nitrogen and oxygen atoms in total. The van der Waals surface area contributed by atoms with Gasteiger partial charge in [0.25, 0.3) is 0 Å². The number of benzene rings is 2. The fraction of sp³-hybridized carbons (Fsp3) is 0.250. The predicted octanol–water partition coefficient (Wildman–Crippen LogP) is 4.39. The summed E-state index contributed by atoms with van der Waals surface area (Å²) in [6.45, 7) is 3.30. The average molecular weight is 457 g/mol. The fourth-order valence-electron chi connectivity index (χ4n) is 2.78. The van der Waals surface area contributed by atoms with Crippen LogP contribution in [-0.4, -0.2) is 32.8 Å². The molecule has 0 aliphatic carbocycles. The largest absolute Gasteiger partial charge is 0.495 e. The van der Waals surface area contributed by atoms with Crippen LogP contribution in [0.5, 0.6) is 11.5 Å². The molecule has 0 radical (unpaired) electrons. The molecule has 166 valence electrons. The van der Waals surface area contributed by atoms with Gasteiger partial charge in [-0.15, -0.1) is 0 Å². The van der Waals surface area contributed by atoms with Gasteiger partial charge in [0.05, 0.1) is 24.6 Å². The highest BCUT2D eigenvalue weighted by molar-refractivity contribution is 7.70. The number of nitrogens with one attached hydrogen (secondary N) is 2. The molecule has 1 heterocycles. The van der Waals surface area contributed by atoms with Gasteiger partial charge in [-0.2, -0.15) is 18.3 Å². The van der Waals surface area contributed by atoms with Crippen LogP contribution in [0.3, 0.4) is 0 Å². The molecule has 2 N–H and O–H groups in total. The number of hydrogen-bond donors (Lipinski definition) is 2. The Hall–Kier alpha value is -3.00. The van der Waals surface area contributed by atoms with Gasteiger partial charge in [-0.25, -0.2) is 4.39 Å². The van der Waals surface area contributed by atoms with Crippen LogP contribution in [0.15, 0.2) is 53.3 Å². The number of anilines is 1. The number of halogens is 4. The maximum atomic E-state index is 13.6. The molecule has 0 spiro atoms. The van der Waals surface area contributed by atoms with E-state index in [4.69, 9.17) is 9.47 Å². The Bertz CT molecular complexity index is 1080. The summed E-state index contributed by atoms with van der Waals surface area (Å²) >= 11 is 0. The molecular formula is C20H20F4N3O3P. The van der Waals surface area contributed by atoms with Crippen LogP contribution >= 0.6 is 7.14 Å². The number of ether oxygens (including phenoxy) is 2. The highest BCUT2D eigenvalue weighted by atomic mass is 31.2. The Morgan fingerprint density at radius 3 is 2.55 bits per heavy atom.